The van der Waals surface area contributed by atoms with E-state index in [9.17, 15) is 4.79 Å². The Labute approximate surface area is 94.5 Å². The lowest BCUT2D eigenvalue weighted by atomic mass is 10.0. The molecule has 1 amide bonds. The minimum absolute atomic E-state index is 0.0358. The molecule has 1 aliphatic carbocycles. The Hall–Kier alpha value is -1.42. The fraction of sp³-hybridized carbons (Fsp3) is 0.500. The molecule has 2 N–H and O–H groups in total. The van der Waals surface area contributed by atoms with Crippen LogP contribution in [0.5, 0.6) is 0 Å². The van der Waals surface area contributed by atoms with E-state index >= 15 is 0 Å². The third-order valence-electron chi connectivity index (χ3n) is 3.37. The maximum absolute atomic E-state index is 11.9. The smallest absolute Gasteiger partial charge is 0.225 e. The van der Waals surface area contributed by atoms with Gasteiger partial charge in [0.1, 0.15) is 0 Å². The zero-order chi connectivity index (χ0) is 11.1. The summed E-state index contributed by atoms with van der Waals surface area (Å²) in [5.41, 5.74) is 7.13. The quantitative estimate of drug-likeness (QED) is 0.798. The van der Waals surface area contributed by atoms with E-state index in [1.54, 1.807) is 6.20 Å². The highest BCUT2D eigenvalue weighted by atomic mass is 16.2. The summed E-state index contributed by atoms with van der Waals surface area (Å²) < 4.78 is 0. The number of carbonyl (C=O) groups is 1. The average Bonchev–Trinajstić information content (AvgIpc) is 3.06. The average molecular weight is 217 g/mol. The molecule has 3 rings (SSSR count). The summed E-state index contributed by atoms with van der Waals surface area (Å²) in [4.78, 5) is 18.0. The molecular weight excluding hydrogens is 202 g/mol. The largest absolute Gasteiger partial charge is 0.331 e. The number of rotatable bonds is 2. The Balaban J connectivity index is 1.94. The monoisotopic (exact) mass is 217 g/mol. The van der Waals surface area contributed by atoms with Crippen molar-refractivity contribution >= 4 is 5.91 Å². The second kappa shape index (κ2) is 3.56. The molecular formula is C12H15N3O. The van der Waals surface area contributed by atoms with Crippen LogP contribution in [0.25, 0.3) is 0 Å². The molecule has 1 saturated heterocycles. The Morgan fingerprint density at radius 3 is 2.88 bits per heavy atom. The minimum Gasteiger partial charge on any atom is -0.331 e. The number of nitrogens with zero attached hydrogens (tertiary/aromatic N) is 2. The summed E-state index contributed by atoms with van der Waals surface area (Å²) in [5, 5.41) is 0. The van der Waals surface area contributed by atoms with Gasteiger partial charge in [0.15, 0.2) is 0 Å². The van der Waals surface area contributed by atoms with Crippen molar-refractivity contribution < 1.29 is 4.79 Å². The number of aromatic nitrogens is 1. The molecule has 2 atom stereocenters. The Bertz CT molecular complexity index is 402. The van der Waals surface area contributed by atoms with Crippen LogP contribution in [0.2, 0.25) is 0 Å². The summed E-state index contributed by atoms with van der Waals surface area (Å²) in [5.74, 6) is 0.198. The summed E-state index contributed by atoms with van der Waals surface area (Å²) in [7, 11) is 0. The van der Waals surface area contributed by atoms with Crippen molar-refractivity contribution in [1.82, 2.24) is 9.88 Å². The first-order chi connectivity index (χ1) is 7.77. The van der Waals surface area contributed by atoms with E-state index in [2.05, 4.69) is 4.98 Å². The van der Waals surface area contributed by atoms with E-state index in [1.165, 1.54) is 0 Å². The van der Waals surface area contributed by atoms with Crippen molar-refractivity contribution in [3.8, 4) is 0 Å². The molecule has 1 aliphatic heterocycles. The summed E-state index contributed by atoms with van der Waals surface area (Å²) in [6.07, 6.45) is 6.27. The second-order valence-corrected chi connectivity index (χ2v) is 4.63. The standard InChI is InChI=1S/C12H15N3O/c13-10-6-11(16)15(9-3-4-9)12(10)8-2-1-5-14-7-8/h1-2,5,7,9-10,12H,3-4,6,13H2. The Morgan fingerprint density at radius 2 is 2.25 bits per heavy atom. The first kappa shape index (κ1) is 9.78. The lowest BCUT2D eigenvalue weighted by Gasteiger charge is -2.26. The maximum Gasteiger partial charge on any atom is 0.225 e. The molecule has 0 spiro atoms. The zero-order valence-corrected chi connectivity index (χ0v) is 9.04. The van der Waals surface area contributed by atoms with Gasteiger partial charge in [-0.2, -0.15) is 0 Å². The van der Waals surface area contributed by atoms with E-state index in [1.807, 2.05) is 23.2 Å². The molecule has 1 aromatic rings. The summed E-state index contributed by atoms with van der Waals surface area (Å²) >= 11 is 0. The van der Waals surface area contributed by atoms with Gasteiger partial charge in [0.2, 0.25) is 5.91 Å². The molecule has 2 heterocycles. The number of hydrogen-bond donors (Lipinski definition) is 1. The van der Waals surface area contributed by atoms with Crippen LogP contribution in [0.3, 0.4) is 0 Å². The van der Waals surface area contributed by atoms with Crippen molar-refractivity contribution in [3.63, 3.8) is 0 Å². The fourth-order valence-electron chi connectivity index (χ4n) is 2.52. The molecule has 1 aromatic heterocycles. The van der Waals surface area contributed by atoms with Gasteiger partial charge in [0, 0.05) is 30.9 Å². The second-order valence-electron chi connectivity index (χ2n) is 4.63. The van der Waals surface area contributed by atoms with Gasteiger partial charge < -0.3 is 10.6 Å². The van der Waals surface area contributed by atoms with Gasteiger partial charge in [-0.3, -0.25) is 9.78 Å². The van der Waals surface area contributed by atoms with Crippen LogP contribution in [0.1, 0.15) is 30.9 Å². The molecule has 0 aromatic carbocycles. The number of nitrogens with two attached hydrogens (primary N) is 1. The van der Waals surface area contributed by atoms with Crippen LogP contribution >= 0.6 is 0 Å². The first-order valence-electron chi connectivity index (χ1n) is 5.74. The van der Waals surface area contributed by atoms with E-state index < -0.39 is 0 Å². The minimum atomic E-state index is -0.0858. The number of pyridine rings is 1. The van der Waals surface area contributed by atoms with Crippen molar-refractivity contribution in [1.29, 1.82) is 0 Å². The van der Waals surface area contributed by atoms with E-state index in [0.29, 0.717) is 12.5 Å². The van der Waals surface area contributed by atoms with Crippen molar-refractivity contribution in [3.05, 3.63) is 30.1 Å². The molecule has 4 nitrogen and oxygen atoms in total. The van der Waals surface area contributed by atoms with E-state index in [0.717, 1.165) is 18.4 Å². The van der Waals surface area contributed by atoms with Gasteiger partial charge in [-0.15, -0.1) is 0 Å². The van der Waals surface area contributed by atoms with Crippen molar-refractivity contribution in [2.75, 3.05) is 0 Å². The van der Waals surface area contributed by atoms with Crippen LogP contribution in [-0.4, -0.2) is 27.9 Å². The highest BCUT2D eigenvalue weighted by Crippen LogP contribution is 2.40. The van der Waals surface area contributed by atoms with Crippen LogP contribution in [0.15, 0.2) is 24.5 Å². The summed E-state index contributed by atoms with van der Waals surface area (Å²) in [6.45, 7) is 0. The maximum atomic E-state index is 11.9. The predicted octanol–water partition coefficient (Wildman–Crippen LogP) is 0.845. The first-order valence-corrected chi connectivity index (χ1v) is 5.74. The highest BCUT2D eigenvalue weighted by Gasteiger charge is 2.45. The van der Waals surface area contributed by atoms with Crippen LogP contribution in [0, 0.1) is 0 Å². The third kappa shape index (κ3) is 1.50. The molecule has 2 fully saturated rings. The number of likely N-dealkylation sites (tertiary alicyclic amines) is 1. The van der Waals surface area contributed by atoms with Crippen molar-refractivity contribution in [2.24, 2.45) is 5.73 Å². The van der Waals surface area contributed by atoms with E-state index in [4.69, 9.17) is 5.73 Å². The van der Waals surface area contributed by atoms with Gasteiger partial charge in [-0.1, -0.05) is 6.07 Å². The number of hydrogen-bond acceptors (Lipinski definition) is 3. The molecule has 0 radical (unpaired) electrons. The summed E-state index contributed by atoms with van der Waals surface area (Å²) in [6, 6.07) is 4.28. The predicted molar refractivity (Wildman–Crippen MR) is 59.4 cm³/mol. The molecule has 4 heteroatoms. The molecule has 2 unspecified atom stereocenters. The Kier molecular flexibility index (Phi) is 2.17. The molecule has 84 valence electrons. The zero-order valence-electron chi connectivity index (χ0n) is 9.04. The topological polar surface area (TPSA) is 59.2 Å². The van der Waals surface area contributed by atoms with Gasteiger partial charge >= 0.3 is 0 Å². The van der Waals surface area contributed by atoms with Gasteiger partial charge in [0.25, 0.3) is 0 Å². The van der Waals surface area contributed by atoms with Crippen LogP contribution in [-0.2, 0) is 4.79 Å². The van der Waals surface area contributed by atoms with Crippen LogP contribution < -0.4 is 5.73 Å². The molecule has 0 bridgehead atoms. The van der Waals surface area contributed by atoms with Gasteiger partial charge in [-0.25, -0.2) is 0 Å². The normalized spacial score (nSPS) is 29.8. The highest BCUT2D eigenvalue weighted by molar-refractivity contribution is 5.81. The van der Waals surface area contributed by atoms with Crippen molar-refractivity contribution in [2.45, 2.75) is 37.4 Å². The number of carbonyl (C=O) groups excluding carboxylic acids is 1. The molecule has 1 saturated carbocycles. The Morgan fingerprint density at radius 1 is 1.44 bits per heavy atom. The van der Waals surface area contributed by atoms with E-state index in [-0.39, 0.29) is 18.0 Å². The number of amides is 1. The lowest BCUT2D eigenvalue weighted by Crippen LogP contribution is -2.34. The molecule has 2 aliphatic rings. The fourth-order valence-corrected chi connectivity index (χ4v) is 2.52. The third-order valence-corrected chi connectivity index (χ3v) is 3.37. The van der Waals surface area contributed by atoms with Gasteiger partial charge in [0.05, 0.1) is 6.04 Å². The SMILES string of the molecule is NC1CC(=O)N(C2CC2)C1c1cccnc1. The van der Waals surface area contributed by atoms with Crippen LogP contribution in [0.4, 0.5) is 0 Å². The van der Waals surface area contributed by atoms with Gasteiger partial charge in [-0.05, 0) is 24.5 Å². The lowest BCUT2D eigenvalue weighted by molar-refractivity contribution is -0.129. The molecule has 16 heavy (non-hydrogen) atoms.